The molecule has 0 spiro atoms. The van der Waals surface area contributed by atoms with Crippen LogP contribution in [0.2, 0.25) is 0 Å². The van der Waals surface area contributed by atoms with Crippen molar-refractivity contribution in [2.24, 2.45) is 4.99 Å². The summed E-state index contributed by atoms with van der Waals surface area (Å²) >= 11 is 0. The molecule has 1 aromatic heterocycles. The van der Waals surface area contributed by atoms with E-state index in [0.29, 0.717) is 23.4 Å². The maximum Gasteiger partial charge on any atom is 0.145 e. The van der Waals surface area contributed by atoms with Crippen molar-refractivity contribution in [3.63, 3.8) is 0 Å². The highest BCUT2D eigenvalue weighted by Gasteiger charge is 2.09. The summed E-state index contributed by atoms with van der Waals surface area (Å²) in [7, 11) is 0. The SMILES string of the molecule is CCOc1ccc(N=Cc2c(CO)cnc(C)c2O)cc1. The number of ether oxygens (including phenoxy) is 1. The van der Waals surface area contributed by atoms with Crippen molar-refractivity contribution in [3.05, 3.63) is 47.3 Å². The van der Waals surface area contributed by atoms with Gasteiger partial charge in [-0.25, -0.2) is 0 Å². The molecule has 5 heteroatoms. The molecule has 2 aromatic rings. The summed E-state index contributed by atoms with van der Waals surface area (Å²) in [6.45, 7) is 4.04. The van der Waals surface area contributed by atoms with Crippen molar-refractivity contribution in [2.75, 3.05) is 6.61 Å². The van der Waals surface area contributed by atoms with Crippen molar-refractivity contribution >= 4 is 11.9 Å². The van der Waals surface area contributed by atoms with Crippen molar-refractivity contribution < 1.29 is 14.9 Å². The Morgan fingerprint density at radius 1 is 1.29 bits per heavy atom. The Balaban J connectivity index is 2.26. The van der Waals surface area contributed by atoms with E-state index < -0.39 is 0 Å². The average molecular weight is 286 g/mol. The number of pyridine rings is 1. The second-order valence-corrected chi connectivity index (χ2v) is 4.47. The molecule has 1 aromatic carbocycles. The molecule has 110 valence electrons. The van der Waals surface area contributed by atoms with Crippen LogP contribution in [-0.2, 0) is 6.61 Å². The molecule has 0 aliphatic carbocycles. The number of aliphatic hydroxyl groups excluding tert-OH is 1. The minimum atomic E-state index is -0.203. The first-order valence-electron chi connectivity index (χ1n) is 6.71. The van der Waals surface area contributed by atoms with Gasteiger partial charge in [0.15, 0.2) is 0 Å². The second-order valence-electron chi connectivity index (χ2n) is 4.47. The zero-order chi connectivity index (χ0) is 15.2. The van der Waals surface area contributed by atoms with Crippen LogP contribution in [0.25, 0.3) is 0 Å². The standard InChI is InChI=1S/C16H18N2O3/c1-3-21-14-6-4-13(5-7-14)18-9-15-12(10-19)8-17-11(2)16(15)20/h4-9,19-20H,3,10H2,1-2H3. The van der Waals surface area contributed by atoms with E-state index in [9.17, 15) is 10.2 Å². The third-order valence-electron chi connectivity index (χ3n) is 3.02. The minimum Gasteiger partial charge on any atom is -0.505 e. The van der Waals surface area contributed by atoms with Gasteiger partial charge in [0.2, 0.25) is 0 Å². The number of rotatable bonds is 5. The highest BCUT2D eigenvalue weighted by atomic mass is 16.5. The molecule has 1 heterocycles. The topological polar surface area (TPSA) is 74.9 Å². The van der Waals surface area contributed by atoms with E-state index in [-0.39, 0.29) is 12.4 Å². The normalized spacial score (nSPS) is 11.0. The molecule has 2 rings (SSSR count). The smallest absolute Gasteiger partial charge is 0.145 e. The van der Waals surface area contributed by atoms with E-state index in [0.717, 1.165) is 11.4 Å². The lowest BCUT2D eigenvalue weighted by Crippen LogP contribution is -1.97. The number of benzene rings is 1. The van der Waals surface area contributed by atoms with E-state index in [2.05, 4.69) is 9.98 Å². The van der Waals surface area contributed by atoms with Crippen LogP contribution in [0.3, 0.4) is 0 Å². The van der Waals surface area contributed by atoms with Gasteiger partial charge in [0.05, 0.1) is 24.6 Å². The van der Waals surface area contributed by atoms with Gasteiger partial charge in [0.1, 0.15) is 11.5 Å². The summed E-state index contributed by atoms with van der Waals surface area (Å²) < 4.78 is 5.36. The third-order valence-corrected chi connectivity index (χ3v) is 3.02. The highest BCUT2D eigenvalue weighted by Crippen LogP contribution is 2.24. The molecule has 0 saturated heterocycles. The molecule has 0 radical (unpaired) electrons. The zero-order valence-electron chi connectivity index (χ0n) is 12.1. The summed E-state index contributed by atoms with van der Waals surface area (Å²) in [6.07, 6.45) is 3.07. The molecule has 2 N–H and O–H groups in total. The van der Waals surface area contributed by atoms with Gasteiger partial charge in [-0.2, -0.15) is 0 Å². The molecule has 0 fully saturated rings. The number of aromatic nitrogens is 1. The van der Waals surface area contributed by atoms with Gasteiger partial charge in [0.25, 0.3) is 0 Å². The van der Waals surface area contributed by atoms with Crippen LogP contribution in [-0.4, -0.2) is 28.0 Å². The second kappa shape index (κ2) is 6.85. The minimum absolute atomic E-state index is 0.0382. The van der Waals surface area contributed by atoms with Gasteiger partial charge in [-0.3, -0.25) is 9.98 Å². The monoisotopic (exact) mass is 286 g/mol. The van der Waals surface area contributed by atoms with E-state index in [1.807, 2.05) is 31.2 Å². The van der Waals surface area contributed by atoms with E-state index >= 15 is 0 Å². The summed E-state index contributed by atoms with van der Waals surface area (Å²) in [4.78, 5) is 8.32. The maximum absolute atomic E-state index is 10.0. The number of hydrogen-bond donors (Lipinski definition) is 2. The summed E-state index contributed by atoms with van der Waals surface area (Å²) in [5.74, 6) is 0.825. The fourth-order valence-corrected chi connectivity index (χ4v) is 1.86. The molecular formula is C16H18N2O3. The van der Waals surface area contributed by atoms with Crippen molar-refractivity contribution in [1.82, 2.24) is 4.98 Å². The van der Waals surface area contributed by atoms with Crippen LogP contribution in [0.5, 0.6) is 11.5 Å². The van der Waals surface area contributed by atoms with Crippen molar-refractivity contribution in [1.29, 1.82) is 0 Å². The Morgan fingerprint density at radius 2 is 2.00 bits per heavy atom. The Labute approximate surface area is 123 Å². The molecule has 0 amide bonds. The Morgan fingerprint density at radius 3 is 2.62 bits per heavy atom. The van der Waals surface area contributed by atoms with Crippen LogP contribution >= 0.6 is 0 Å². The molecular weight excluding hydrogens is 268 g/mol. The summed E-state index contributed by atoms with van der Waals surface area (Å²) in [6, 6.07) is 7.32. The van der Waals surface area contributed by atoms with E-state index in [1.54, 1.807) is 6.92 Å². The van der Waals surface area contributed by atoms with Gasteiger partial charge in [-0.15, -0.1) is 0 Å². The lowest BCUT2D eigenvalue weighted by atomic mass is 10.1. The van der Waals surface area contributed by atoms with Crippen LogP contribution in [0, 0.1) is 6.92 Å². The number of nitrogens with zero attached hydrogens (tertiary/aromatic N) is 2. The third kappa shape index (κ3) is 3.58. The molecule has 5 nitrogen and oxygen atoms in total. The quantitative estimate of drug-likeness (QED) is 0.829. The van der Waals surface area contributed by atoms with Gasteiger partial charge in [0, 0.05) is 23.5 Å². The Bertz CT molecular complexity index is 637. The molecule has 0 aliphatic rings. The van der Waals surface area contributed by atoms with Crippen LogP contribution in [0.15, 0.2) is 35.5 Å². The number of aliphatic hydroxyl groups is 1. The predicted molar refractivity (Wildman–Crippen MR) is 81.4 cm³/mol. The first-order chi connectivity index (χ1) is 10.2. The predicted octanol–water partition coefficient (Wildman–Crippen LogP) is 2.74. The fraction of sp³-hybridized carbons (Fsp3) is 0.250. The fourth-order valence-electron chi connectivity index (χ4n) is 1.86. The molecule has 0 unspecified atom stereocenters. The Kier molecular flexibility index (Phi) is 4.90. The zero-order valence-corrected chi connectivity index (χ0v) is 12.1. The summed E-state index contributed by atoms with van der Waals surface area (Å²) in [5, 5.41) is 19.3. The van der Waals surface area contributed by atoms with Crippen molar-refractivity contribution in [3.8, 4) is 11.5 Å². The first kappa shape index (κ1) is 15.0. The maximum atomic E-state index is 10.0. The van der Waals surface area contributed by atoms with Crippen LogP contribution in [0.1, 0.15) is 23.7 Å². The molecule has 0 bridgehead atoms. The van der Waals surface area contributed by atoms with Crippen LogP contribution < -0.4 is 4.74 Å². The first-order valence-corrected chi connectivity index (χ1v) is 6.71. The van der Waals surface area contributed by atoms with E-state index in [1.165, 1.54) is 12.4 Å². The van der Waals surface area contributed by atoms with E-state index in [4.69, 9.17) is 4.74 Å². The number of aryl methyl sites for hydroxylation is 1. The highest BCUT2D eigenvalue weighted by molar-refractivity contribution is 5.87. The largest absolute Gasteiger partial charge is 0.505 e. The van der Waals surface area contributed by atoms with Crippen LogP contribution in [0.4, 0.5) is 5.69 Å². The molecule has 0 atom stereocenters. The van der Waals surface area contributed by atoms with Gasteiger partial charge in [-0.1, -0.05) is 0 Å². The lowest BCUT2D eigenvalue weighted by Gasteiger charge is -2.07. The molecule has 0 aliphatic heterocycles. The molecule has 0 saturated carbocycles. The number of hydrogen-bond acceptors (Lipinski definition) is 5. The average Bonchev–Trinajstić information content (AvgIpc) is 2.50. The van der Waals surface area contributed by atoms with Gasteiger partial charge >= 0.3 is 0 Å². The van der Waals surface area contributed by atoms with Crippen molar-refractivity contribution in [2.45, 2.75) is 20.5 Å². The summed E-state index contributed by atoms with van der Waals surface area (Å²) in [5.41, 5.74) is 2.25. The van der Waals surface area contributed by atoms with Gasteiger partial charge < -0.3 is 14.9 Å². The lowest BCUT2D eigenvalue weighted by molar-refractivity contribution is 0.280. The number of aromatic hydroxyl groups is 1. The molecule has 21 heavy (non-hydrogen) atoms. The Hall–Kier alpha value is -2.40. The number of aliphatic imine (C=N–C) groups is 1. The van der Waals surface area contributed by atoms with Gasteiger partial charge in [-0.05, 0) is 38.1 Å².